The highest BCUT2D eigenvalue weighted by Gasteiger charge is 2.22. The van der Waals surface area contributed by atoms with Gasteiger partial charge in [0.15, 0.2) is 11.6 Å². The van der Waals surface area contributed by atoms with Crippen LogP contribution < -0.4 is 15.5 Å². The van der Waals surface area contributed by atoms with Gasteiger partial charge in [-0.05, 0) is 24.3 Å². The molecule has 0 spiro atoms. The fraction of sp³-hybridized carbons (Fsp3) is 0.200. The van der Waals surface area contributed by atoms with E-state index in [2.05, 4.69) is 25.6 Å². The second-order valence-electron chi connectivity index (χ2n) is 6.63. The minimum Gasteiger partial charge on any atom is -0.353 e. The van der Waals surface area contributed by atoms with Crippen LogP contribution in [0.4, 0.5) is 36.7 Å². The monoisotopic (exact) mass is 411 g/mol. The summed E-state index contributed by atoms with van der Waals surface area (Å²) < 4.78 is 26.3. The maximum atomic E-state index is 13.3. The highest BCUT2D eigenvalue weighted by molar-refractivity contribution is 5.89. The van der Waals surface area contributed by atoms with Crippen molar-refractivity contribution in [2.75, 3.05) is 41.7 Å². The number of aromatic nitrogens is 3. The molecule has 0 bridgehead atoms. The summed E-state index contributed by atoms with van der Waals surface area (Å²) in [5.74, 6) is 0.0852. The Morgan fingerprint density at radius 1 is 0.900 bits per heavy atom. The predicted molar refractivity (Wildman–Crippen MR) is 109 cm³/mol. The van der Waals surface area contributed by atoms with E-state index in [9.17, 15) is 13.6 Å². The SMILES string of the molecule is O=C(Nc1ccc(F)c(F)c1)N1CCN(c2cc(Nc3ccccn3)ncn2)CC1. The lowest BCUT2D eigenvalue weighted by Gasteiger charge is -2.35. The summed E-state index contributed by atoms with van der Waals surface area (Å²) in [5, 5.41) is 5.72. The van der Waals surface area contributed by atoms with E-state index in [0.29, 0.717) is 37.8 Å². The molecule has 0 unspecified atom stereocenters. The molecule has 0 saturated carbocycles. The van der Waals surface area contributed by atoms with Crippen LogP contribution in [-0.4, -0.2) is 52.1 Å². The van der Waals surface area contributed by atoms with E-state index in [4.69, 9.17) is 0 Å². The van der Waals surface area contributed by atoms with Crippen molar-refractivity contribution in [3.05, 3.63) is 66.6 Å². The first-order chi connectivity index (χ1) is 14.6. The molecule has 154 valence electrons. The number of amides is 2. The molecule has 1 aliphatic heterocycles. The average Bonchev–Trinajstić information content (AvgIpc) is 2.77. The highest BCUT2D eigenvalue weighted by atomic mass is 19.2. The van der Waals surface area contributed by atoms with E-state index in [0.717, 1.165) is 18.0 Å². The molecule has 1 saturated heterocycles. The van der Waals surface area contributed by atoms with Gasteiger partial charge < -0.3 is 20.4 Å². The van der Waals surface area contributed by atoms with Crippen LogP contribution in [0, 0.1) is 11.6 Å². The molecule has 1 aliphatic rings. The molecule has 10 heteroatoms. The van der Waals surface area contributed by atoms with Gasteiger partial charge in [-0.2, -0.15) is 0 Å². The quantitative estimate of drug-likeness (QED) is 0.686. The second-order valence-corrected chi connectivity index (χ2v) is 6.63. The number of anilines is 4. The molecule has 30 heavy (non-hydrogen) atoms. The van der Waals surface area contributed by atoms with Gasteiger partial charge in [0.1, 0.15) is 23.8 Å². The first-order valence-electron chi connectivity index (χ1n) is 9.34. The van der Waals surface area contributed by atoms with E-state index >= 15 is 0 Å². The van der Waals surface area contributed by atoms with Gasteiger partial charge in [0.25, 0.3) is 0 Å². The smallest absolute Gasteiger partial charge is 0.321 e. The molecule has 1 fully saturated rings. The number of nitrogens with zero attached hydrogens (tertiary/aromatic N) is 5. The van der Waals surface area contributed by atoms with Crippen LogP contribution in [-0.2, 0) is 0 Å². The van der Waals surface area contributed by atoms with Gasteiger partial charge in [0.05, 0.1) is 0 Å². The Balaban J connectivity index is 1.34. The molecule has 4 rings (SSSR count). The fourth-order valence-corrected chi connectivity index (χ4v) is 3.07. The summed E-state index contributed by atoms with van der Waals surface area (Å²) in [5.41, 5.74) is 0.211. The van der Waals surface area contributed by atoms with Crippen molar-refractivity contribution in [2.24, 2.45) is 0 Å². The Morgan fingerprint density at radius 2 is 1.73 bits per heavy atom. The Hall–Kier alpha value is -3.82. The van der Waals surface area contributed by atoms with Gasteiger partial charge in [0.2, 0.25) is 0 Å². The number of rotatable bonds is 4. The summed E-state index contributed by atoms with van der Waals surface area (Å²) in [6.07, 6.45) is 3.16. The topological polar surface area (TPSA) is 86.3 Å². The lowest BCUT2D eigenvalue weighted by atomic mass is 10.3. The summed E-state index contributed by atoms with van der Waals surface area (Å²) in [6, 6.07) is 10.3. The molecule has 3 heterocycles. The van der Waals surface area contributed by atoms with E-state index in [1.807, 2.05) is 29.2 Å². The number of piperazine rings is 1. The maximum Gasteiger partial charge on any atom is 0.321 e. The van der Waals surface area contributed by atoms with Crippen molar-refractivity contribution < 1.29 is 13.6 Å². The number of carbonyl (C=O) groups excluding carboxylic acids is 1. The van der Waals surface area contributed by atoms with Crippen molar-refractivity contribution in [1.29, 1.82) is 0 Å². The molecule has 2 aromatic heterocycles. The van der Waals surface area contributed by atoms with Crippen molar-refractivity contribution in [1.82, 2.24) is 19.9 Å². The summed E-state index contributed by atoms with van der Waals surface area (Å²) in [7, 11) is 0. The molecule has 8 nitrogen and oxygen atoms in total. The fourth-order valence-electron chi connectivity index (χ4n) is 3.07. The van der Waals surface area contributed by atoms with Gasteiger partial charge in [0, 0.05) is 50.2 Å². The molecule has 0 radical (unpaired) electrons. The number of hydrogen-bond donors (Lipinski definition) is 2. The average molecular weight is 411 g/mol. The normalized spacial score (nSPS) is 13.8. The number of hydrogen-bond acceptors (Lipinski definition) is 6. The Bertz CT molecular complexity index is 1030. The molecule has 1 aromatic carbocycles. The van der Waals surface area contributed by atoms with Crippen LogP contribution >= 0.6 is 0 Å². The van der Waals surface area contributed by atoms with Gasteiger partial charge >= 0.3 is 6.03 Å². The molecule has 2 amide bonds. The van der Waals surface area contributed by atoms with Crippen LogP contribution in [0.15, 0.2) is 55.0 Å². The molecular formula is C20H19F2N7O. The third kappa shape index (κ3) is 4.59. The zero-order valence-corrected chi connectivity index (χ0v) is 15.9. The van der Waals surface area contributed by atoms with Crippen LogP contribution in [0.2, 0.25) is 0 Å². The van der Waals surface area contributed by atoms with Crippen molar-refractivity contribution in [3.8, 4) is 0 Å². The van der Waals surface area contributed by atoms with Gasteiger partial charge in [-0.15, -0.1) is 0 Å². The minimum atomic E-state index is -1.00. The van der Waals surface area contributed by atoms with Gasteiger partial charge in [-0.25, -0.2) is 28.5 Å². The van der Waals surface area contributed by atoms with E-state index in [-0.39, 0.29) is 11.7 Å². The minimum absolute atomic E-state index is 0.211. The number of urea groups is 1. The number of halogens is 2. The van der Waals surface area contributed by atoms with Gasteiger partial charge in [-0.1, -0.05) is 6.07 Å². The largest absolute Gasteiger partial charge is 0.353 e. The molecular weight excluding hydrogens is 392 g/mol. The highest BCUT2D eigenvalue weighted by Crippen LogP contribution is 2.19. The zero-order valence-electron chi connectivity index (χ0n) is 15.9. The molecule has 2 N–H and O–H groups in total. The van der Waals surface area contributed by atoms with E-state index < -0.39 is 11.6 Å². The van der Waals surface area contributed by atoms with Crippen LogP contribution in [0.5, 0.6) is 0 Å². The number of nitrogens with one attached hydrogen (secondary N) is 2. The Kier molecular flexibility index (Phi) is 5.64. The van der Waals surface area contributed by atoms with Crippen LogP contribution in [0.3, 0.4) is 0 Å². The molecule has 0 aliphatic carbocycles. The Labute approximate surface area is 171 Å². The van der Waals surface area contributed by atoms with Crippen molar-refractivity contribution in [2.45, 2.75) is 0 Å². The van der Waals surface area contributed by atoms with E-state index in [1.165, 1.54) is 12.4 Å². The van der Waals surface area contributed by atoms with Crippen LogP contribution in [0.1, 0.15) is 0 Å². The molecule has 0 atom stereocenters. The number of benzene rings is 1. The third-order valence-corrected chi connectivity index (χ3v) is 4.64. The summed E-state index contributed by atoms with van der Waals surface area (Å²) in [4.78, 5) is 28.8. The second kappa shape index (κ2) is 8.68. The number of pyridine rings is 1. The first-order valence-corrected chi connectivity index (χ1v) is 9.34. The zero-order chi connectivity index (χ0) is 20.9. The van der Waals surface area contributed by atoms with Crippen molar-refractivity contribution >= 4 is 29.2 Å². The third-order valence-electron chi connectivity index (χ3n) is 4.64. The summed E-state index contributed by atoms with van der Waals surface area (Å²) >= 11 is 0. The standard InChI is InChI=1S/C20H19F2N7O/c21-15-5-4-14(11-16(15)22)26-20(30)29-9-7-28(8-10-29)19-12-18(24-13-25-19)27-17-3-1-2-6-23-17/h1-6,11-13H,7-10H2,(H,26,30)(H,23,24,25,27). The lowest BCUT2D eigenvalue weighted by Crippen LogP contribution is -2.50. The van der Waals surface area contributed by atoms with Crippen LogP contribution in [0.25, 0.3) is 0 Å². The summed E-state index contributed by atoms with van der Waals surface area (Å²) in [6.45, 7) is 2.07. The molecule has 3 aromatic rings. The number of carbonyl (C=O) groups is 1. The van der Waals surface area contributed by atoms with Crippen molar-refractivity contribution in [3.63, 3.8) is 0 Å². The van der Waals surface area contributed by atoms with E-state index in [1.54, 1.807) is 11.1 Å². The van der Waals surface area contributed by atoms with Gasteiger partial charge in [-0.3, -0.25) is 0 Å². The first kappa shape index (κ1) is 19.5. The predicted octanol–water partition coefficient (Wildman–Crippen LogP) is 3.25. The maximum absolute atomic E-state index is 13.3. The Morgan fingerprint density at radius 3 is 2.47 bits per heavy atom. The lowest BCUT2D eigenvalue weighted by molar-refractivity contribution is 0.208.